The van der Waals surface area contributed by atoms with Gasteiger partial charge in [-0.25, -0.2) is 0 Å². The molecule has 0 aromatic carbocycles. The first-order valence-corrected chi connectivity index (χ1v) is 3.39. The Kier molecular flexibility index (Phi) is 1.19. The maximum atomic E-state index is 5.28. The van der Waals surface area contributed by atoms with Crippen LogP contribution in [-0.4, -0.2) is 12.9 Å². The SMILES string of the molecule is C1=COC2OCCC2C1. The number of hydrogen-bond donors (Lipinski definition) is 0. The summed E-state index contributed by atoms with van der Waals surface area (Å²) in [6.07, 6.45) is 6.18. The van der Waals surface area contributed by atoms with Gasteiger partial charge in [-0.05, 0) is 18.9 Å². The summed E-state index contributed by atoms with van der Waals surface area (Å²) in [5.41, 5.74) is 0. The van der Waals surface area contributed by atoms with Gasteiger partial charge in [0.2, 0.25) is 6.29 Å². The van der Waals surface area contributed by atoms with Gasteiger partial charge < -0.3 is 9.47 Å². The van der Waals surface area contributed by atoms with E-state index >= 15 is 0 Å². The molecule has 0 radical (unpaired) electrons. The molecule has 2 aliphatic rings. The van der Waals surface area contributed by atoms with Crippen LogP contribution >= 0.6 is 0 Å². The number of ether oxygens (including phenoxy) is 2. The van der Waals surface area contributed by atoms with Crippen molar-refractivity contribution in [2.45, 2.75) is 19.1 Å². The van der Waals surface area contributed by atoms with Crippen LogP contribution in [0.25, 0.3) is 0 Å². The Balaban J connectivity index is 2.07. The van der Waals surface area contributed by atoms with E-state index in [1.165, 1.54) is 0 Å². The van der Waals surface area contributed by atoms with Crippen LogP contribution in [-0.2, 0) is 9.47 Å². The maximum absolute atomic E-state index is 5.28. The summed E-state index contributed by atoms with van der Waals surface area (Å²) in [6.45, 7) is 0.872. The van der Waals surface area contributed by atoms with Gasteiger partial charge in [0.15, 0.2) is 0 Å². The van der Waals surface area contributed by atoms with Crippen molar-refractivity contribution in [2.75, 3.05) is 6.61 Å². The van der Waals surface area contributed by atoms with Crippen LogP contribution in [0.3, 0.4) is 0 Å². The lowest BCUT2D eigenvalue weighted by molar-refractivity contribution is -0.0964. The molecule has 50 valence electrons. The largest absolute Gasteiger partial charge is 0.473 e. The molecule has 0 aromatic heterocycles. The highest BCUT2D eigenvalue weighted by Gasteiger charge is 2.29. The molecule has 2 heterocycles. The van der Waals surface area contributed by atoms with E-state index in [1.54, 1.807) is 6.26 Å². The molecule has 2 heteroatoms. The van der Waals surface area contributed by atoms with Crippen LogP contribution in [0.1, 0.15) is 12.8 Å². The molecule has 0 amide bonds. The molecule has 0 aromatic rings. The maximum Gasteiger partial charge on any atom is 0.202 e. The van der Waals surface area contributed by atoms with Gasteiger partial charge in [-0.1, -0.05) is 0 Å². The van der Waals surface area contributed by atoms with Crippen LogP contribution in [0.2, 0.25) is 0 Å². The Morgan fingerprint density at radius 2 is 2.44 bits per heavy atom. The van der Waals surface area contributed by atoms with Gasteiger partial charge in [0.25, 0.3) is 0 Å². The van der Waals surface area contributed by atoms with Gasteiger partial charge in [-0.15, -0.1) is 0 Å². The van der Waals surface area contributed by atoms with Gasteiger partial charge in [0.05, 0.1) is 12.9 Å². The van der Waals surface area contributed by atoms with Gasteiger partial charge in [0.1, 0.15) is 0 Å². The summed E-state index contributed by atoms with van der Waals surface area (Å²) in [7, 11) is 0. The van der Waals surface area contributed by atoms with Crippen LogP contribution in [0.4, 0.5) is 0 Å². The standard InChI is InChI=1S/C7H10O2/c1-2-6-3-5-9-7(6)8-4-1/h1,4,6-7H,2-3,5H2. The van der Waals surface area contributed by atoms with Crippen molar-refractivity contribution in [1.82, 2.24) is 0 Å². The van der Waals surface area contributed by atoms with Gasteiger partial charge in [-0.3, -0.25) is 0 Å². The molecule has 0 N–H and O–H groups in total. The smallest absolute Gasteiger partial charge is 0.202 e. The van der Waals surface area contributed by atoms with Crippen molar-refractivity contribution in [2.24, 2.45) is 5.92 Å². The first-order chi connectivity index (χ1) is 4.47. The lowest BCUT2D eigenvalue weighted by Crippen LogP contribution is -2.19. The quantitative estimate of drug-likeness (QED) is 0.486. The topological polar surface area (TPSA) is 18.5 Å². The summed E-state index contributed by atoms with van der Waals surface area (Å²) >= 11 is 0. The van der Waals surface area contributed by atoms with Crippen LogP contribution in [0, 0.1) is 5.92 Å². The lowest BCUT2D eigenvalue weighted by atomic mass is 10.0. The zero-order chi connectivity index (χ0) is 6.10. The van der Waals surface area contributed by atoms with E-state index in [9.17, 15) is 0 Å². The second kappa shape index (κ2) is 2.03. The van der Waals surface area contributed by atoms with Crippen molar-refractivity contribution in [3.8, 4) is 0 Å². The fraction of sp³-hybridized carbons (Fsp3) is 0.714. The second-order valence-electron chi connectivity index (χ2n) is 2.53. The molecule has 1 saturated heterocycles. The van der Waals surface area contributed by atoms with Crippen molar-refractivity contribution < 1.29 is 9.47 Å². The van der Waals surface area contributed by atoms with Crippen LogP contribution in [0.5, 0.6) is 0 Å². The minimum absolute atomic E-state index is 0.0787. The third-order valence-electron chi connectivity index (χ3n) is 1.90. The predicted molar refractivity (Wildman–Crippen MR) is 32.7 cm³/mol. The first kappa shape index (κ1) is 5.30. The van der Waals surface area contributed by atoms with Crippen molar-refractivity contribution >= 4 is 0 Å². The molecular formula is C7H10O2. The third kappa shape index (κ3) is 0.833. The molecule has 9 heavy (non-hydrogen) atoms. The lowest BCUT2D eigenvalue weighted by Gasteiger charge is -2.19. The molecule has 0 spiro atoms. The Hall–Kier alpha value is -0.500. The molecule has 0 saturated carbocycles. The Bertz CT molecular complexity index is 117. The molecule has 2 aliphatic heterocycles. The molecule has 2 nitrogen and oxygen atoms in total. The molecule has 2 rings (SSSR count). The molecule has 2 unspecified atom stereocenters. The minimum Gasteiger partial charge on any atom is -0.473 e. The summed E-state index contributed by atoms with van der Waals surface area (Å²) in [5, 5.41) is 0. The summed E-state index contributed by atoms with van der Waals surface area (Å²) in [5.74, 6) is 0.634. The average molecular weight is 126 g/mol. The van der Waals surface area contributed by atoms with E-state index in [0.717, 1.165) is 19.4 Å². The van der Waals surface area contributed by atoms with E-state index < -0.39 is 0 Å². The Morgan fingerprint density at radius 3 is 3.33 bits per heavy atom. The van der Waals surface area contributed by atoms with Crippen LogP contribution < -0.4 is 0 Å². The van der Waals surface area contributed by atoms with E-state index in [0.29, 0.717) is 5.92 Å². The Morgan fingerprint density at radius 1 is 1.44 bits per heavy atom. The number of allylic oxidation sites excluding steroid dienone is 1. The average Bonchev–Trinajstić information content (AvgIpc) is 2.33. The van der Waals surface area contributed by atoms with E-state index in [2.05, 4.69) is 6.08 Å². The van der Waals surface area contributed by atoms with Crippen molar-refractivity contribution in [3.63, 3.8) is 0 Å². The molecular weight excluding hydrogens is 116 g/mol. The molecule has 0 bridgehead atoms. The zero-order valence-corrected chi connectivity index (χ0v) is 5.25. The van der Waals surface area contributed by atoms with E-state index in [4.69, 9.17) is 9.47 Å². The molecule has 1 fully saturated rings. The van der Waals surface area contributed by atoms with Gasteiger partial charge in [0, 0.05) is 5.92 Å². The van der Waals surface area contributed by atoms with E-state index in [1.807, 2.05) is 0 Å². The highest BCUT2D eigenvalue weighted by atomic mass is 16.7. The second-order valence-corrected chi connectivity index (χ2v) is 2.53. The third-order valence-corrected chi connectivity index (χ3v) is 1.90. The number of rotatable bonds is 0. The number of fused-ring (bicyclic) bond motifs is 1. The minimum atomic E-state index is 0.0787. The predicted octanol–water partition coefficient (Wildman–Crippen LogP) is 1.28. The Labute approximate surface area is 54.5 Å². The zero-order valence-electron chi connectivity index (χ0n) is 5.25. The summed E-state index contributed by atoms with van der Waals surface area (Å²) in [6, 6.07) is 0. The normalized spacial score (nSPS) is 40.0. The van der Waals surface area contributed by atoms with Gasteiger partial charge >= 0.3 is 0 Å². The van der Waals surface area contributed by atoms with Gasteiger partial charge in [-0.2, -0.15) is 0 Å². The monoisotopic (exact) mass is 126 g/mol. The first-order valence-electron chi connectivity index (χ1n) is 3.39. The molecule has 2 atom stereocenters. The van der Waals surface area contributed by atoms with Crippen molar-refractivity contribution in [3.05, 3.63) is 12.3 Å². The highest BCUT2D eigenvalue weighted by Crippen LogP contribution is 2.28. The van der Waals surface area contributed by atoms with Crippen molar-refractivity contribution in [1.29, 1.82) is 0 Å². The summed E-state index contributed by atoms with van der Waals surface area (Å²) in [4.78, 5) is 0. The fourth-order valence-electron chi connectivity index (χ4n) is 1.35. The summed E-state index contributed by atoms with van der Waals surface area (Å²) < 4.78 is 10.5. The molecule has 0 aliphatic carbocycles. The van der Waals surface area contributed by atoms with E-state index in [-0.39, 0.29) is 6.29 Å². The highest BCUT2D eigenvalue weighted by molar-refractivity contribution is 4.87. The van der Waals surface area contributed by atoms with Crippen LogP contribution in [0.15, 0.2) is 12.3 Å². The number of hydrogen-bond acceptors (Lipinski definition) is 2. The fourth-order valence-corrected chi connectivity index (χ4v) is 1.35.